The summed E-state index contributed by atoms with van der Waals surface area (Å²) in [4.78, 5) is 25.0. The van der Waals surface area contributed by atoms with Crippen molar-refractivity contribution in [3.05, 3.63) is 20.2 Å². The molecule has 3 heterocycles. The number of nitrogens with one attached hydrogen (secondary N) is 2. The topological polar surface area (TPSA) is 63.1 Å². The van der Waals surface area contributed by atoms with Gasteiger partial charge in [-0.1, -0.05) is 11.3 Å². The molecule has 2 aliphatic rings. The molecule has 2 aliphatic heterocycles. The predicted molar refractivity (Wildman–Crippen MR) is 91.0 cm³/mol. The van der Waals surface area contributed by atoms with Crippen molar-refractivity contribution in [3.8, 4) is 0 Å². The van der Waals surface area contributed by atoms with Crippen LogP contribution in [-0.4, -0.2) is 28.6 Å². The first-order valence-electron chi connectivity index (χ1n) is 7.75. The summed E-state index contributed by atoms with van der Waals surface area (Å²) in [6, 6.07) is 1.47. The molecular weight excluding hydrogens is 322 g/mol. The maximum Gasteiger partial charge on any atom is 0.307 e. The van der Waals surface area contributed by atoms with E-state index in [9.17, 15) is 9.59 Å². The third kappa shape index (κ3) is 3.73. The Morgan fingerprint density at radius 3 is 2.50 bits per heavy atom. The van der Waals surface area contributed by atoms with Crippen molar-refractivity contribution in [2.24, 2.45) is 0 Å². The zero-order valence-corrected chi connectivity index (χ0v) is 14.7. The SMILES string of the molecule is Cc1sc(=O)n(CCC(=O)NC2CC3CCC(C2)N3)c1C.Cl. The Kier molecular flexibility index (Phi) is 5.69. The minimum atomic E-state index is 0. The first-order valence-corrected chi connectivity index (χ1v) is 8.57. The lowest BCUT2D eigenvalue weighted by Crippen LogP contribution is -2.48. The lowest BCUT2D eigenvalue weighted by Gasteiger charge is -2.29. The van der Waals surface area contributed by atoms with Crippen LogP contribution in [0.5, 0.6) is 0 Å². The van der Waals surface area contributed by atoms with E-state index in [1.54, 1.807) is 4.57 Å². The summed E-state index contributed by atoms with van der Waals surface area (Å²) in [7, 11) is 0. The number of piperidine rings is 1. The Morgan fingerprint density at radius 2 is 1.95 bits per heavy atom. The van der Waals surface area contributed by atoms with Crippen LogP contribution in [0.1, 0.15) is 42.7 Å². The molecule has 7 heteroatoms. The summed E-state index contributed by atoms with van der Waals surface area (Å²) in [6.07, 6.45) is 4.94. The van der Waals surface area contributed by atoms with E-state index in [4.69, 9.17) is 0 Å². The number of halogens is 1. The Hall–Kier alpha value is -0.850. The van der Waals surface area contributed by atoms with E-state index < -0.39 is 0 Å². The zero-order chi connectivity index (χ0) is 15.0. The average molecular weight is 346 g/mol. The van der Waals surface area contributed by atoms with Gasteiger partial charge in [-0.05, 0) is 39.5 Å². The van der Waals surface area contributed by atoms with Gasteiger partial charge < -0.3 is 15.2 Å². The van der Waals surface area contributed by atoms with Crippen molar-refractivity contribution < 1.29 is 4.79 Å². The largest absolute Gasteiger partial charge is 0.353 e. The zero-order valence-electron chi connectivity index (χ0n) is 13.1. The van der Waals surface area contributed by atoms with Gasteiger partial charge in [0.2, 0.25) is 5.91 Å². The van der Waals surface area contributed by atoms with Gasteiger partial charge >= 0.3 is 4.87 Å². The van der Waals surface area contributed by atoms with Gasteiger partial charge in [-0.3, -0.25) is 9.59 Å². The standard InChI is InChI=1S/C15H23N3O2S.ClH/c1-9-10(2)21-15(20)18(9)6-5-14(19)17-13-7-11-3-4-12(8-13)16-11;/h11-13,16H,3-8H2,1-2H3,(H,17,19);1H. The molecule has 22 heavy (non-hydrogen) atoms. The normalized spacial score (nSPS) is 26.5. The number of carbonyl (C=O) groups is 1. The summed E-state index contributed by atoms with van der Waals surface area (Å²) >= 11 is 1.26. The Balaban J connectivity index is 0.00000176. The number of hydrogen-bond donors (Lipinski definition) is 2. The third-order valence-corrected chi connectivity index (χ3v) is 5.77. The molecule has 0 radical (unpaired) electrons. The predicted octanol–water partition coefficient (Wildman–Crippen LogP) is 1.74. The van der Waals surface area contributed by atoms with E-state index in [1.165, 1.54) is 24.2 Å². The number of hydrogen-bond acceptors (Lipinski definition) is 4. The van der Waals surface area contributed by atoms with Crippen molar-refractivity contribution in [3.63, 3.8) is 0 Å². The second-order valence-corrected chi connectivity index (χ2v) is 7.45. The number of carbonyl (C=O) groups excluding carboxylic acids is 1. The van der Waals surface area contributed by atoms with Gasteiger partial charge in [0, 0.05) is 41.7 Å². The fraction of sp³-hybridized carbons (Fsp3) is 0.733. The number of nitrogens with zero attached hydrogens (tertiary/aromatic N) is 1. The first kappa shape index (κ1) is 17.5. The molecule has 3 rings (SSSR count). The van der Waals surface area contributed by atoms with E-state index in [0.29, 0.717) is 31.1 Å². The van der Waals surface area contributed by atoms with Crippen LogP contribution >= 0.6 is 23.7 Å². The monoisotopic (exact) mass is 345 g/mol. The highest BCUT2D eigenvalue weighted by atomic mass is 35.5. The molecule has 0 spiro atoms. The third-order valence-electron chi connectivity index (χ3n) is 4.78. The van der Waals surface area contributed by atoms with Crippen molar-refractivity contribution in [1.82, 2.24) is 15.2 Å². The van der Waals surface area contributed by atoms with Gasteiger partial charge in [-0.15, -0.1) is 12.4 Å². The fourth-order valence-electron chi connectivity index (χ4n) is 3.53. The molecule has 2 saturated heterocycles. The van der Waals surface area contributed by atoms with Gasteiger partial charge in [0.05, 0.1) is 0 Å². The number of rotatable bonds is 4. The molecule has 124 valence electrons. The molecule has 1 aromatic heterocycles. The Bertz CT molecular complexity index is 586. The van der Waals surface area contributed by atoms with E-state index in [0.717, 1.165) is 23.4 Å². The van der Waals surface area contributed by atoms with E-state index in [2.05, 4.69) is 10.6 Å². The van der Waals surface area contributed by atoms with Crippen LogP contribution < -0.4 is 15.5 Å². The first-order chi connectivity index (χ1) is 10.0. The highest BCUT2D eigenvalue weighted by molar-refractivity contribution is 7.09. The van der Waals surface area contributed by atoms with Crippen LogP contribution in [0.4, 0.5) is 0 Å². The number of aryl methyl sites for hydroxylation is 1. The molecular formula is C15H24ClN3O2S. The van der Waals surface area contributed by atoms with Crippen LogP contribution in [0.15, 0.2) is 4.79 Å². The molecule has 1 amide bonds. The van der Waals surface area contributed by atoms with Gasteiger partial charge in [0.25, 0.3) is 0 Å². The van der Waals surface area contributed by atoms with Crippen LogP contribution in [0.25, 0.3) is 0 Å². The summed E-state index contributed by atoms with van der Waals surface area (Å²) in [5.41, 5.74) is 0.984. The van der Waals surface area contributed by atoms with Gasteiger partial charge in [0.15, 0.2) is 0 Å². The average Bonchev–Trinajstić information content (AvgIpc) is 2.88. The van der Waals surface area contributed by atoms with Crippen molar-refractivity contribution in [2.75, 3.05) is 0 Å². The van der Waals surface area contributed by atoms with E-state index in [1.807, 2.05) is 13.8 Å². The van der Waals surface area contributed by atoms with E-state index >= 15 is 0 Å². The lowest BCUT2D eigenvalue weighted by atomic mass is 10.00. The fourth-order valence-corrected chi connectivity index (χ4v) is 4.39. The molecule has 5 nitrogen and oxygen atoms in total. The van der Waals surface area contributed by atoms with E-state index in [-0.39, 0.29) is 23.2 Å². The second kappa shape index (κ2) is 7.15. The molecule has 1 aromatic rings. The molecule has 2 bridgehead atoms. The number of aromatic nitrogens is 1. The van der Waals surface area contributed by atoms with Gasteiger partial charge in [-0.25, -0.2) is 0 Å². The number of amides is 1. The van der Waals surface area contributed by atoms with Crippen molar-refractivity contribution >= 4 is 29.7 Å². The Morgan fingerprint density at radius 1 is 1.32 bits per heavy atom. The molecule has 0 aromatic carbocycles. The summed E-state index contributed by atoms with van der Waals surface area (Å²) < 4.78 is 1.71. The van der Waals surface area contributed by atoms with Crippen LogP contribution in [0.2, 0.25) is 0 Å². The maximum atomic E-state index is 12.1. The number of fused-ring (bicyclic) bond motifs is 2. The van der Waals surface area contributed by atoms with Crippen molar-refractivity contribution in [1.29, 1.82) is 0 Å². The highest BCUT2D eigenvalue weighted by Crippen LogP contribution is 2.26. The van der Waals surface area contributed by atoms with Crippen LogP contribution in [0.3, 0.4) is 0 Å². The number of thiazole rings is 1. The lowest BCUT2D eigenvalue weighted by molar-refractivity contribution is -0.122. The summed E-state index contributed by atoms with van der Waals surface area (Å²) in [5, 5.41) is 6.72. The quantitative estimate of drug-likeness (QED) is 0.873. The molecule has 0 saturated carbocycles. The summed E-state index contributed by atoms with van der Waals surface area (Å²) in [6.45, 7) is 4.37. The van der Waals surface area contributed by atoms with Crippen LogP contribution in [0, 0.1) is 13.8 Å². The molecule has 2 fully saturated rings. The smallest absolute Gasteiger partial charge is 0.307 e. The summed E-state index contributed by atoms with van der Waals surface area (Å²) in [5.74, 6) is 0.0662. The van der Waals surface area contributed by atoms with Crippen molar-refractivity contribution in [2.45, 2.75) is 70.6 Å². The van der Waals surface area contributed by atoms with Gasteiger partial charge in [-0.2, -0.15) is 0 Å². The van der Waals surface area contributed by atoms with Gasteiger partial charge in [0.1, 0.15) is 0 Å². The minimum Gasteiger partial charge on any atom is -0.353 e. The highest BCUT2D eigenvalue weighted by Gasteiger charge is 2.33. The minimum absolute atomic E-state index is 0. The Labute approximate surface area is 140 Å². The van der Waals surface area contributed by atoms with Crippen LogP contribution in [-0.2, 0) is 11.3 Å². The molecule has 2 unspecified atom stereocenters. The second-order valence-electron chi connectivity index (χ2n) is 6.28. The molecule has 0 aliphatic carbocycles. The molecule has 2 atom stereocenters. The maximum absolute atomic E-state index is 12.1. The molecule has 2 N–H and O–H groups in total.